The largest absolute Gasteiger partial charge is 0.480 e. The quantitative estimate of drug-likeness (QED) is 0.677. The van der Waals surface area contributed by atoms with E-state index >= 15 is 0 Å². The van der Waals surface area contributed by atoms with Crippen LogP contribution in [0.4, 0.5) is 0 Å². The number of aliphatic hydroxyl groups excluding tert-OH is 1. The second-order valence-corrected chi connectivity index (χ2v) is 3.63. The van der Waals surface area contributed by atoms with E-state index in [-0.39, 0.29) is 0 Å². The zero-order valence-electron chi connectivity index (χ0n) is 9.26. The Hall–Kier alpha value is -1.39. The van der Waals surface area contributed by atoms with E-state index in [0.717, 1.165) is 6.42 Å². The molecule has 1 rings (SSSR count). The molecule has 0 saturated heterocycles. The van der Waals surface area contributed by atoms with Crippen LogP contribution in [0.1, 0.15) is 25.0 Å². The number of carboxylic acid groups (broad SMARTS) is 1. The Kier molecular flexibility index (Phi) is 4.95. The van der Waals surface area contributed by atoms with Gasteiger partial charge in [0.1, 0.15) is 12.1 Å². The molecule has 3 N–H and O–H groups in total. The Balaban J connectivity index is 2.75. The summed E-state index contributed by atoms with van der Waals surface area (Å²) in [6.45, 7) is 2.52. The van der Waals surface area contributed by atoms with Crippen molar-refractivity contribution in [2.45, 2.75) is 25.5 Å². The molecule has 0 radical (unpaired) electrons. The molecule has 0 aliphatic rings. The molecule has 0 aliphatic carbocycles. The number of nitrogens with one attached hydrogen (secondary N) is 1. The summed E-state index contributed by atoms with van der Waals surface area (Å²) < 4.78 is 0. The van der Waals surface area contributed by atoms with Crippen LogP contribution in [0.25, 0.3) is 0 Å². The van der Waals surface area contributed by atoms with Crippen LogP contribution in [0.15, 0.2) is 30.3 Å². The monoisotopic (exact) mass is 223 g/mol. The van der Waals surface area contributed by atoms with E-state index in [1.165, 1.54) is 0 Å². The topological polar surface area (TPSA) is 69.6 Å². The highest BCUT2D eigenvalue weighted by molar-refractivity contribution is 5.74. The van der Waals surface area contributed by atoms with Crippen LogP contribution >= 0.6 is 0 Å². The predicted octanol–water partition coefficient (Wildman–Crippen LogP) is 1.17. The van der Waals surface area contributed by atoms with Gasteiger partial charge in [-0.05, 0) is 18.5 Å². The highest BCUT2D eigenvalue weighted by atomic mass is 16.4. The zero-order chi connectivity index (χ0) is 12.0. The maximum atomic E-state index is 11.0. The first-order valence-corrected chi connectivity index (χ1v) is 5.36. The molecular weight excluding hydrogens is 206 g/mol. The second kappa shape index (κ2) is 6.25. The third kappa shape index (κ3) is 3.32. The van der Waals surface area contributed by atoms with E-state index in [2.05, 4.69) is 5.32 Å². The fourth-order valence-electron chi connectivity index (χ4n) is 1.48. The average Bonchev–Trinajstić information content (AvgIpc) is 2.30. The van der Waals surface area contributed by atoms with Crippen molar-refractivity contribution in [2.24, 2.45) is 0 Å². The van der Waals surface area contributed by atoms with Crippen LogP contribution in [0, 0.1) is 0 Å². The third-order valence-corrected chi connectivity index (χ3v) is 2.34. The molecule has 0 aliphatic heterocycles. The molecule has 2 atom stereocenters. The van der Waals surface area contributed by atoms with E-state index in [4.69, 9.17) is 5.11 Å². The van der Waals surface area contributed by atoms with Crippen molar-refractivity contribution in [2.75, 3.05) is 6.54 Å². The van der Waals surface area contributed by atoms with Gasteiger partial charge in [-0.1, -0.05) is 37.3 Å². The van der Waals surface area contributed by atoms with Gasteiger partial charge in [-0.25, -0.2) is 0 Å². The number of rotatable bonds is 6. The lowest BCUT2D eigenvalue weighted by atomic mass is 10.0. The minimum Gasteiger partial charge on any atom is -0.480 e. The standard InChI is InChI=1S/C12H17NO3/c1-2-8-13-10(12(15)16)11(14)9-6-4-3-5-7-9/h3-7,10-11,13-14H,2,8H2,1H3,(H,15,16). The SMILES string of the molecule is CCCNC(C(=O)O)C(O)c1ccccc1. The van der Waals surface area contributed by atoms with Gasteiger partial charge in [0, 0.05) is 0 Å². The minimum absolute atomic E-state index is 0.570. The van der Waals surface area contributed by atoms with E-state index in [0.29, 0.717) is 12.1 Å². The number of carbonyl (C=O) groups is 1. The second-order valence-electron chi connectivity index (χ2n) is 3.63. The normalized spacial score (nSPS) is 14.4. The van der Waals surface area contributed by atoms with Crippen LogP contribution in [-0.2, 0) is 4.79 Å². The molecule has 0 bridgehead atoms. The summed E-state index contributed by atoms with van der Waals surface area (Å²) in [5.41, 5.74) is 0.610. The average molecular weight is 223 g/mol. The number of hydrogen-bond donors (Lipinski definition) is 3. The van der Waals surface area contributed by atoms with Gasteiger partial charge in [-0.2, -0.15) is 0 Å². The fourth-order valence-corrected chi connectivity index (χ4v) is 1.48. The number of hydrogen-bond acceptors (Lipinski definition) is 3. The molecule has 0 amide bonds. The van der Waals surface area contributed by atoms with Crippen molar-refractivity contribution in [1.82, 2.24) is 5.32 Å². The zero-order valence-corrected chi connectivity index (χ0v) is 9.26. The maximum Gasteiger partial charge on any atom is 0.323 e. The Labute approximate surface area is 94.9 Å². The summed E-state index contributed by atoms with van der Waals surface area (Å²) in [5.74, 6) is -1.04. The van der Waals surface area contributed by atoms with Gasteiger partial charge in [-0.3, -0.25) is 4.79 Å². The van der Waals surface area contributed by atoms with E-state index in [1.54, 1.807) is 24.3 Å². The maximum absolute atomic E-state index is 11.0. The summed E-state index contributed by atoms with van der Waals surface area (Å²) in [5, 5.41) is 21.8. The predicted molar refractivity (Wildman–Crippen MR) is 61.1 cm³/mol. The van der Waals surface area contributed by atoms with Crippen LogP contribution in [0.2, 0.25) is 0 Å². The molecule has 0 fully saturated rings. The van der Waals surface area contributed by atoms with Gasteiger partial charge in [-0.15, -0.1) is 0 Å². The molecule has 0 aromatic heterocycles. The summed E-state index contributed by atoms with van der Waals surface area (Å²) in [6, 6.07) is 7.85. The molecule has 88 valence electrons. The van der Waals surface area contributed by atoms with Crippen LogP contribution in [-0.4, -0.2) is 28.8 Å². The highest BCUT2D eigenvalue weighted by Gasteiger charge is 2.26. The molecule has 0 heterocycles. The molecule has 16 heavy (non-hydrogen) atoms. The molecule has 1 aromatic rings. The fraction of sp³-hybridized carbons (Fsp3) is 0.417. The lowest BCUT2D eigenvalue weighted by molar-refractivity contribution is -0.142. The summed E-state index contributed by atoms with van der Waals surface area (Å²) in [4.78, 5) is 11.0. The first-order valence-electron chi connectivity index (χ1n) is 5.36. The lowest BCUT2D eigenvalue weighted by Crippen LogP contribution is -2.42. The number of carboxylic acids is 1. The molecule has 0 saturated carbocycles. The van der Waals surface area contributed by atoms with Crippen molar-refractivity contribution in [3.63, 3.8) is 0 Å². The lowest BCUT2D eigenvalue weighted by Gasteiger charge is -2.20. The van der Waals surface area contributed by atoms with Crippen molar-refractivity contribution < 1.29 is 15.0 Å². The smallest absolute Gasteiger partial charge is 0.323 e. The van der Waals surface area contributed by atoms with Crippen molar-refractivity contribution >= 4 is 5.97 Å². The molecule has 2 unspecified atom stereocenters. The number of aliphatic carboxylic acids is 1. The molecular formula is C12H17NO3. The molecule has 4 heteroatoms. The third-order valence-electron chi connectivity index (χ3n) is 2.34. The Morgan fingerprint density at radius 2 is 2.00 bits per heavy atom. The number of aliphatic hydroxyl groups is 1. The Morgan fingerprint density at radius 3 is 2.50 bits per heavy atom. The van der Waals surface area contributed by atoms with E-state index in [1.807, 2.05) is 13.0 Å². The summed E-state index contributed by atoms with van der Waals surface area (Å²) in [6.07, 6.45) is -0.198. The first-order chi connectivity index (χ1) is 7.66. The van der Waals surface area contributed by atoms with Crippen LogP contribution < -0.4 is 5.32 Å². The van der Waals surface area contributed by atoms with Gasteiger partial charge < -0.3 is 15.5 Å². The van der Waals surface area contributed by atoms with Gasteiger partial charge in [0.25, 0.3) is 0 Å². The van der Waals surface area contributed by atoms with Crippen molar-refractivity contribution in [3.05, 3.63) is 35.9 Å². The molecule has 4 nitrogen and oxygen atoms in total. The van der Waals surface area contributed by atoms with Crippen LogP contribution in [0.3, 0.4) is 0 Å². The van der Waals surface area contributed by atoms with Crippen LogP contribution in [0.5, 0.6) is 0 Å². The van der Waals surface area contributed by atoms with E-state index in [9.17, 15) is 9.90 Å². The van der Waals surface area contributed by atoms with Crippen molar-refractivity contribution in [3.8, 4) is 0 Å². The summed E-state index contributed by atoms with van der Waals surface area (Å²) >= 11 is 0. The Morgan fingerprint density at radius 1 is 1.38 bits per heavy atom. The minimum atomic E-state index is -1.04. The highest BCUT2D eigenvalue weighted by Crippen LogP contribution is 2.16. The van der Waals surface area contributed by atoms with Gasteiger partial charge >= 0.3 is 5.97 Å². The summed E-state index contributed by atoms with van der Waals surface area (Å²) in [7, 11) is 0. The van der Waals surface area contributed by atoms with Gasteiger partial charge in [0.2, 0.25) is 0 Å². The molecule has 1 aromatic carbocycles. The van der Waals surface area contributed by atoms with E-state index < -0.39 is 18.1 Å². The van der Waals surface area contributed by atoms with Gasteiger partial charge in [0.15, 0.2) is 0 Å². The first kappa shape index (κ1) is 12.7. The molecule has 0 spiro atoms. The van der Waals surface area contributed by atoms with Gasteiger partial charge in [0.05, 0.1) is 0 Å². The number of benzene rings is 1. The Bertz CT molecular complexity index is 326. The van der Waals surface area contributed by atoms with Crippen molar-refractivity contribution in [1.29, 1.82) is 0 Å².